The fourth-order valence-electron chi connectivity index (χ4n) is 1.55. The summed E-state index contributed by atoms with van der Waals surface area (Å²) >= 11 is 0. The summed E-state index contributed by atoms with van der Waals surface area (Å²) in [6, 6.07) is 16.7. The molecule has 0 radical (unpaired) electrons. The Balaban J connectivity index is 2.13. The van der Waals surface area contributed by atoms with Gasteiger partial charge in [-0.1, -0.05) is 24.3 Å². The maximum Gasteiger partial charge on any atom is 0.255 e. The van der Waals surface area contributed by atoms with Gasteiger partial charge in [0, 0.05) is 24.0 Å². The van der Waals surface area contributed by atoms with Gasteiger partial charge in [0.05, 0.1) is 0 Å². The first-order valence-corrected chi connectivity index (χ1v) is 5.44. The van der Waals surface area contributed by atoms with Gasteiger partial charge in [-0.25, -0.2) is 0 Å². The Morgan fingerprint density at radius 2 is 1.65 bits per heavy atom. The zero-order valence-electron chi connectivity index (χ0n) is 9.60. The smallest absolute Gasteiger partial charge is 0.255 e. The normalized spacial score (nSPS) is 9.71. The third kappa shape index (κ3) is 2.84. The third-order valence-corrected chi connectivity index (χ3v) is 2.45. The molecule has 3 heteroatoms. The molecule has 0 fully saturated rings. The molecule has 0 heterocycles. The summed E-state index contributed by atoms with van der Waals surface area (Å²) in [5.74, 6) is -0.0983. The van der Waals surface area contributed by atoms with Crippen LogP contribution in [0.15, 0.2) is 54.6 Å². The second-order valence-corrected chi connectivity index (χ2v) is 3.65. The quantitative estimate of drug-likeness (QED) is 0.844. The molecule has 0 aliphatic rings. The maximum atomic E-state index is 11.9. The summed E-state index contributed by atoms with van der Waals surface area (Å²) in [4.78, 5) is 11.9. The predicted octanol–water partition coefficient (Wildman–Crippen LogP) is 2.98. The summed E-state index contributed by atoms with van der Waals surface area (Å²) in [7, 11) is 1.85. The molecule has 0 saturated heterocycles. The minimum atomic E-state index is -0.0983. The van der Waals surface area contributed by atoms with Gasteiger partial charge in [-0.15, -0.1) is 0 Å². The Hall–Kier alpha value is -2.29. The van der Waals surface area contributed by atoms with Gasteiger partial charge < -0.3 is 10.6 Å². The van der Waals surface area contributed by atoms with Crippen molar-refractivity contribution in [1.29, 1.82) is 0 Å². The fraction of sp³-hybridized carbons (Fsp3) is 0.0714. The molecule has 0 atom stereocenters. The van der Waals surface area contributed by atoms with Crippen LogP contribution >= 0.6 is 0 Å². The molecular formula is C14H14N2O. The summed E-state index contributed by atoms with van der Waals surface area (Å²) in [5.41, 5.74) is 2.41. The van der Waals surface area contributed by atoms with E-state index >= 15 is 0 Å². The molecule has 2 N–H and O–H groups in total. The fourth-order valence-corrected chi connectivity index (χ4v) is 1.55. The van der Waals surface area contributed by atoms with Crippen LogP contribution in [0.5, 0.6) is 0 Å². The van der Waals surface area contributed by atoms with Crippen molar-refractivity contribution in [3.8, 4) is 0 Å². The van der Waals surface area contributed by atoms with Crippen molar-refractivity contribution in [3.63, 3.8) is 0 Å². The highest BCUT2D eigenvalue weighted by atomic mass is 16.1. The van der Waals surface area contributed by atoms with Crippen LogP contribution in [0.1, 0.15) is 10.4 Å². The Labute approximate surface area is 100 Å². The van der Waals surface area contributed by atoms with Crippen LogP contribution in [0.2, 0.25) is 0 Å². The molecule has 2 rings (SSSR count). The zero-order chi connectivity index (χ0) is 12.1. The van der Waals surface area contributed by atoms with Crippen LogP contribution in [-0.2, 0) is 0 Å². The maximum absolute atomic E-state index is 11.9. The standard InChI is InChI=1S/C14H14N2O/c1-15-12-8-5-9-13(10-12)16-14(17)11-6-3-2-4-7-11/h2-10,15H,1H3,(H,16,17). The van der Waals surface area contributed by atoms with Gasteiger partial charge >= 0.3 is 0 Å². The Kier molecular flexibility index (Phi) is 3.40. The van der Waals surface area contributed by atoms with E-state index in [9.17, 15) is 4.79 Å². The van der Waals surface area contributed by atoms with E-state index in [0.717, 1.165) is 11.4 Å². The lowest BCUT2D eigenvalue weighted by Crippen LogP contribution is -2.11. The predicted molar refractivity (Wildman–Crippen MR) is 70.4 cm³/mol. The molecule has 0 spiro atoms. The van der Waals surface area contributed by atoms with E-state index in [1.807, 2.05) is 49.5 Å². The number of benzene rings is 2. The summed E-state index contributed by atoms with van der Waals surface area (Å²) < 4.78 is 0. The number of nitrogens with one attached hydrogen (secondary N) is 2. The van der Waals surface area contributed by atoms with Crippen LogP contribution in [-0.4, -0.2) is 13.0 Å². The van der Waals surface area contributed by atoms with Crippen molar-refractivity contribution in [3.05, 3.63) is 60.2 Å². The van der Waals surface area contributed by atoms with Crippen molar-refractivity contribution in [2.75, 3.05) is 17.7 Å². The van der Waals surface area contributed by atoms with Gasteiger partial charge in [-0.05, 0) is 30.3 Å². The monoisotopic (exact) mass is 226 g/mol. The summed E-state index contributed by atoms with van der Waals surface area (Å²) in [6.45, 7) is 0. The molecule has 0 aliphatic heterocycles. The van der Waals surface area contributed by atoms with Crippen LogP contribution in [0.3, 0.4) is 0 Å². The highest BCUT2D eigenvalue weighted by Crippen LogP contribution is 2.15. The lowest BCUT2D eigenvalue weighted by atomic mass is 10.2. The first-order valence-electron chi connectivity index (χ1n) is 5.44. The van der Waals surface area contributed by atoms with Crippen molar-refractivity contribution in [1.82, 2.24) is 0 Å². The number of hydrogen-bond donors (Lipinski definition) is 2. The second kappa shape index (κ2) is 5.16. The molecule has 0 saturated carbocycles. The van der Waals surface area contributed by atoms with E-state index in [0.29, 0.717) is 5.56 Å². The minimum Gasteiger partial charge on any atom is -0.388 e. The number of carbonyl (C=O) groups excluding carboxylic acids is 1. The molecule has 86 valence electrons. The first kappa shape index (κ1) is 11.2. The number of rotatable bonds is 3. The highest BCUT2D eigenvalue weighted by molar-refractivity contribution is 6.04. The van der Waals surface area contributed by atoms with Crippen molar-refractivity contribution >= 4 is 17.3 Å². The Morgan fingerprint density at radius 1 is 0.941 bits per heavy atom. The number of amides is 1. The first-order chi connectivity index (χ1) is 8.29. The second-order valence-electron chi connectivity index (χ2n) is 3.65. The molecule has 2 aromatic carbocycles. The molecule has 2 aromatic rings. The molecular weight excluding hydrogens is 212 g/mol. The number of carbonyl (C=O) groups is 1. The average molecular weight is 226 g/mol. The minimum absolute atomic E-state index is 0.0983. The van der Waals surface area contributed by atoms with E-state index in [1.54, 1.807) is 12.1 Å². The molecule has 0 bridgehead atoms. The molecule has 17 heavy (non-hydrogen) atoms. The highest BCUT2D eigenvalue weighted by Gasteiger charge is 2.04. The van der Waals surface area contributed by atoms with Gasteiger partial charge in [0.15, 0.2) is 0 Å². The summed E-state index contributed by atoms with van der Waals surface area (Å²) in [5, 5.41) is 5.88. The molecule has 1 amide bonds. The lowest BCUT2D eigenvalue weighted by molar-refractivity contribution is 0.102. The van der Waals surface area contributed by atoms with Gasteiger partial charge in [0.25, 0.3) is 5.91 Å². The van der Waals surface area contributed by atoms with Gasteiger partial charge in [0.2, 0.25) is 0 Å². The topological polar surface area (TPSA) is 41.1 Å². The van der Waals surface area contributed by atoms with E-state index in [4.69, 9.17) is 0 Å². The molecule has 3 nitrogen and oxygen atoms in total. The van der Waals surface area contributed by atoms with Gasteiger partial charge in [0.1, 0.15) is 0 Å². The number of anilines is 2. The SMILES string of the molecule is CNc1cccc(NC(=O)c2ccccc2)c1. The van der Waals surface area contributed by atoms with Crippen molar-refractivity contribution < 1.29 is 4.79 Å². The van der Waals surface area contributed by atoms with Crippen LogP contribution in [0.4, 0.5) is 11.4 Å². The van der Waals surface area contributed by atoms with Crippen molar-refractivity contribution in [2.24, 2.45) is 0 Å². The van der Waals surface area contributed by atoms with E-state index < -0.39 is 0 Å². The van der Waals surface area contributed by atoms with Crippen LogP contribution in [0.25, 0.3) is 0 Å². The third-order valence-electron chi connectivity index (χ3n) is 2.45. The van der Waals surface area contributed by atoms with E-state index in [-0.39, 0.29) is 5.91 Å². The Morgan fingerprint density at radius 3 is 2.35 bits per heavy atom. The molecule has 0 unspecified atom stereocenters. The van der Waals surface area contributed by atoms with Gasteiger partial charge in [-0.2, -0.15) is 0 Å². The van der Waals surface area contributed by atoms with Crippen LogP contribution < -0.4 is 10.6 Å². The molecule has 0 aliphatic carbocycles. The Bertz CT molecular complexity index is 509. The summed E-state index contributed by atoms with van der Waals surface area (Å²) in [6.07, 6.45) is 0. The van der Waals surface area contributed by atoms with Crippen molar-refractivity contribution in [2.45, 2.75) is 0 Å². The van der Waals surface area contributed by atoms with E-state index in [2.05, 4.69) is 10.6 Å². The zero-order valence-corrected chi connectivity index (χ0v) is 9.60. The number of hydrogen-bond acceptors (Lipinski definition) is 2. The average Bonchev–Trinajstić information content (AvgIpc) is 2.40. The van der Waals surface area contributed by atoms with E-state index in [1.165, 1.54) is 0 Å². The van der Waals surface area contributed by atoms with Crippen LogP contribution in [0, 0.1) is 0 Å². The lowest BCUT2D eigenvalue weighted by Gasteiger charge is -2.07. The van der Waals surface area contributed by atoms with Gasteiger partial charge in [-0.3, -0.25) is 4.79 Å². The largest absolute Gasteiger partial charge is 0.388 e. The molecule has 0 aromatic heterocycles.